The molecule has 1 heterocycles. The number of nitriles is 1. The average molecular weight is 224 g/mol. The number of nitrogens with zero attached hydrogens (tertiary/aromatic N) is 3. The minimum Gasteiger partial charge on any atom is -0.379 e. The second kappa shape index (κ2) is 5.08. The van der Waals surface area contributed by atoms with Gasteiger partial charge in [-0.25, -0.2) is 0 Å². The van der Waals surface area contributed by atoms with E-state index < -0.39 is 0 Å². The van der Waals surface area contributed by atoms with E-state index in [4.69, 9.17) is 5.26 Å². The van der Waals surface area contributed by atoms with Crippen molar-refractivity contribution < 1.29 is 0 Å². The second-order valence-electron chi connectivity index (χ2n) is 3.71. The minimum absolute atomic E-state index is 0.624. The third-order valence-electron chi connectivity index (χ3n) is 2.45. The maximum Gasteiger partial charge on any atom is 0.0994 e. The van der Waals surface area contributed by atoms with Crippen LogP contribution in [0.2, 0.25) is 0 Å². The van der Waals surface area contributed by atoms with Gasteiger partial charge >= 0.3 is 0 Å². The van der Waals surface area contributed by atoms with Crippen LogP contribution in [0.4, 0.5) is 5.69 Å². The zero-order valence-electron chi connectivity index (χ0n) is 9.51. The SMILES string of the molecule is Cc1cc(NCc2cccnn2)ccc1C#N. The van der Waals surface area contributed by atoms with Gasteiger partial charge in [0.25, 0.3) is 0 Å². The Morgan fingerprint density at radius 2 is 2.24 bits per heavy atom. The van der Waals surface area contributed by atoms with E-state index in [-0.39, 0.29) is 0 Å². The van der Waals surface area contributed by atoms with Crippen LogP contribution in [0.1, 0.15) is 16.8 Å². The Morgan fingerprint density at radius 1 is 1.35 bits per heavy atom. The fourth-order valence-electron chi connectivity index (χ4n) is 1.52. The Morgan fingerprint density at radius 3 is 2.88 bits per heavy atom. The second-order valence-corrected chi connectivity index (χ2v) is 3.71. The van der Waals surface area contributed by atoms with E-state index in [1.807, 2.05) is 37.3 Å². The summed E-state index contributed by atoms with van der Waals surface area (Å²) >= 11 is 0. The standard InChI is InChI=1S/C13H12N4/c1-10-7-12(5-4-11(10)8-14)15-9-13-3-2-6-16-17-13/h2-7,15H,9H2,1H3. The molecule has 0 bridgehead atoms. The van der Waals surface area contributed by atoms with Crippen molar-refractivity contribution in [2.75, 3.05) is 5.32 Å². The highest BCUT2D eigenvalue weighted by atomic mass is 15.1. The number of hydrogen-bond acceptors (Lipinski definition) is 4. The summed E-state index contributed by atoms with van der Waals surface area (Å²) in [5.74, 6) is 0. The number of anilines is 1. The van der Waals surface area contributed by atoms with Crippen LogP contribution in [-0.2, 0) is 6.54 Å². The van der Waals surface area contributed by atoms with Crippen LogP contribution >= 0.6 is 0 Å². The molecule has 2 aromatic rings. The predicted molar refractivity (Wildman–Crippen MR) is 65.3 cm³/mol. The fraction of sp³-hybridized carbons (Fsp3) is 0.154. The summed E-state index contributed by atoms with van der Waals surface area (Å²) in [5.41, 5.74) is 3.54. The van der Waals surface area contributed by atoms with Crippen LogP contribution in [0.5, 0.6) is 0 Å². The van der Waals surface area contributed by atoms with Gasteiger partial charge in [-0.15, -0.1) is 0 Å². The highest BCUT2D eigenvalue weighted by Gasteiger charge is 1.99. The minimum atomic E-state index is 0.624. The highest BCUT2D eigenvalue weighted by Crippen LogP contribution is 2.14. The largest absolute Gasteiger partial charge is 0.379 e. The van der Waals surface area contributed by atoms with Gasteiger partial charge in [-0.2, -0.15) is 15.5 Å². The summed E-state index contributed by atoms with van der Waals surface area (Å²) in [7, 11) is 0. The number of rotatable bonds is 3. The van der Waals surface area contributed by atoms with Crippen LogP contribution < -0.4 is 5.32 Å². The first-order valence-electron chi connectivity index (χ1n) is 5.31. The zero-order valence-corrected chi connectivity index (χ0v) is 9.51. The van der Waals surface area contributed by atoms with Crippen LogP contribution in [-0.4, -0.2) is 10.2 Å². The molecular weight excluding hydrogens is 212 g/mol. The average Bonchev–Trinajstić information content (AvgIpc) is 2.38. The topological polar surface area (TPSA) is 61.6 Å². The molecule has 0 aliphatic carbocycles. The van der Waals surface area contributed by atoms with Crippen molar-refractivity contribution in [3.05, 3.63) is 53.3 Å². The van der Waals surface area contributed by atoms with Gasteiger partial charge in [0.2, 0.25) is 0 Å². The molecule has 0 atom stereocenters. The number of hydrogen-bond donors (Lipinski definition) is 1. The Bertz CT molecular complexity index is 543. The molecule has 1 aromatic heterocycles. The van der Waals surface area contributed by atoms with Gasteiger partial charge in [0.1, 0.15) is 0 Å². The van der Waals surface area contributed by atoms with Crippen molar-refractivity contribution in [1.82, 2.24) is 10.2 Å². The number of aryl methyl sites for hydroxylation is 1. The van der Waals surface area contributed by atoms with Crippen molar-refractivity contribution in [1.29, 1.82) is 5.26 Å². The van der Waals surface area contributed by atoms with E-state index in [9.17, 15) is 0 Å². The summed E-state index contributed by atoms with van der Waals surface area (Å²) in [5, 5.41) is 19.9. The molecule has 0 aliphatic heterocycles. The Kier molecular flexibility index (Phi) is 3.31. The Balaban J connectivity index is 2.06. The first-order valence-corrected chi connectivity index (χ1v) is 5.31. The Labute approximate surface area is 99.9 Å². The highest BCUT2D eigenvalue weighted by molar-refractivity contribution is 5.51. The number of aromatic nitrogens is 2. The van der Waals surface area contributed by atoms with Crippen LogP contribution in [0.15, 0.2) is 36.5 Å². The van der Waals surface area contributed by atoms with Gasteiger partial charge in [0.15, 0.2) is 0 Å². The summed E-state index contributed by atoms with van der Waals surface area (Å²) in [6.45, 7) is 2.55. The first-order chi connectivity index (χ1) is 8.29. The molecule has 1 N–H and O–H groups in total. The molecule has 4 heteroatoms. The van der Waals surface area contributed by atoms with E-state index >= 15 is 0 Å². The molecule has 0 saturated heterocycles. The van der Waals surface area contributed by atoms with Crippen LogP contribution in [0.3, 0.4) is 0 Å². The summed E-state index contributed by atoms with van der Waals surface area (Å²) < 4.78 is 0. The van der Waals surface area contributed by atoms with Crippen molar-refractivity contribution in [3.63, 3.8) is 0 Å². The van der Waals surface area contributed by atoms with E-state index in [0.29, 0.717) is 12.1 Å². The molecule has 17 heavy (non-hydrogen) atoms. The molecule has 4 nitrogen and oxygen atoms in total. The van der Waals surface area contributed by atoms with Gasteiger partial charge in [-0.3, -0.25) is 0 Å². The van der Waals surface area contributed by atoms with E-state index in [2.05, 4.69) is 21.6 Å². The van der Waals surface area contributed by atoms with Crippen LogP contribution in [0, 0.1) is 18.3 Å². The lowest BCUT2D eigenvalue weighted by molar-refractivity contribution is 0.925. The lowest BCUT2D eigenvalue weighted by atomic mass is 10.1. The number of benzene rings is 1. The molecule has 0 fully saturated rings. The molecule has 0 spiro atoms. The molecule has 1 aromatic carbocycles. The van der Waals surface area contributed by atoms with Crippen molar-refractivity contribution in [2.24, 2.45) is 0 Å². The molecule has 0 unspecified atom stereocenters. The van der Waals surface area contributed by atoms with Crippen molar-refractivity contribution >= 4 is 5.69 Å². The lowest BCUT2D eigenvalue weighted by Gasteiger charge is -2.06. The molecule has 0 amide bonds. The summed E-state index contributed by atoms with van der Waals surface area (Å²) in [6, 6.07) is 11.6. The summed E-state index contributed by atoms with van der Waals surface area (Å²) in [6.07, 6.45) is 1.65. The lowest BCUT2D eigenvalue weighted by Crippen LogP contribution is -2.02. The predicted octanol–water partition coefficient (Wildman–Crippen LogP) is 2.27. The molecule has 2 rings (SSSR count). The van der Waals surface area contributed by atoms with Crippen LogP contribution in [0.25, 0.3) is 0 Å². The zero-order chi connectivity index (χ0) is 12.1. The third-order valence-corrected chi connectivity index (χ3v) is 2.45. The smallest absolute Gasteiger partial charge is 0.0994 e. The van der Waals surface area contributed by atoms with E-state index in [0.717, 1.165) is 16.9 Å². The fourth-order valence-corrected chi connectivity index (χ4v) is 1.52. The maximum absolute atomic E-state index is 8.83. The third kappa shape index (κ3) is 2.79. The monoisotopic (exact) mass is 224 g/mol. The van der Waals surface area contributed by atoms with Gasteiger partial charge in [-0.1, -0.05) is 0 Å². The summed E-state index contributed by atoms with van der Waals surface area (Å²) in [4.78, 5) is 0. The normalized spacial score (nSPS) is 9.65. The molecule has 0 radical (unpaired) electrons. The van der Waals surface area contributed by atoms with Gasteiger partial charge in [0, 0.05) is 11.9 Å². The van der Waals surface area contributed by atoms with Gasteiger partial charge in [0.05, 0.1) is 23.9 Å². The molecule has 84 valence electrons. The maximum atomic E-state index is 8.83. The Hall–Kier alpha value is -2.41. The molecule has 0 aliphatic rings. The van der Waals surface area contributed by atoms with Gasteiger partial charge < -0.3 is 5.32 Å². The van der Waals surface area contributed by atoms with E-state index in [1.165, 1.54) is 0 Å². The molecular formula is C13H12N4. The van der Waals surface area contributed by atoms with Gasteiger partial charge in [-0.05, 0) is 42.8 Å². The molecule has 0 saturated carbocycles. The van der Waals surface area contributed by atoms with Crippen molar-refractivity contribution in [3.8, 4) is 6.07 Å². The first kappa shape index (κ1) is 11.1. The number of nitrogens with one attached hydrogen (secondary N) is 1. The van der Waals surface area contributed by atoms with Crippen molar-refractivity contribution in [2.45, 2.75) is 13.5 Å². The van der Waals surface area contributed by atoms with E-state index in [1.54, 1.807) is 6.20 Å². The quantitative estimate of drug-likeness (QED) is 0.868.